The van der Waals surface area contributed by atoms with Crippen molar-refractivity contribution in [2.75, 3.05) is 0 Å². The topological polar surface area (TPSA) is 0 Å². The van der Waals surface area contributed by atoms with E-state index >= 15 is 0 Å². The van der Waals surface area contributed by atoms with Crippen LogP contribution in [0, 0.1) is 11.8 Å². The van der Waals surface area contributed by atoms with Crippen molar-refractivity contribution in [1.82, 2.24) is 0 Å². The van der Waals surface area contributed by atoms with Gasteiger partial charge >= 0.3 is 0 Å². The molecule has 1 unspecified atom stereocenters. The zero-order chi connectivity index (χ0) is 6.15. The van der Waals surface area contributed by atoms with E-state index in [1.165, 1.54) is 12.8 Å². The summed E-state index contributed by atoms with van der Waals surface area (Å²) in [7, 11) is 0. The third-order valence-electron chi connectivity index (χ3n) is 1.79. The van der Waals surface area contributed by atoms with Gasteiger partial charge in [0.05, 0.1) is 0 Å². The van der Waals surface area contributed by atoms with E-state index in [9.17, 15) is 0 Å². The highest BCUT2D eigenvalue weighted by atomic mass is 32.1. The van der Waals surface area contributed by atoms with E-state index in [0.29, 0.717) is 5.25 Å². The van der Waals surface area contributed by atoms with Crippen molar-refractivity contribution in [1.29, 1.82) is 0 Å². The molecule has 48 valence electrons. The second kappa shape index (κ2) is 2.30. The Kier molecular flexibility index (Phi) is 1.86. The second-order valence-corrected chi connectivity index (χ2v) is 3.67. The van der Waals surface area contributed by atoms with Gasteiger partial charge in [0.25, 0.3) is 0 Å². The van der Waals surface area contributed by atoms with Crippen LogP contribution in [0.1, 0.15) is 26.7 Å². The first-order chi connectivity index (χ1) is 3.72. The molecule has 1 aliphatic rings. The van der Waals surface area contributed by atoms with Gasteiger partial charge in [-0.05, 0) is 24.7 Å². The van der Waals surface area contributed by atoms with Crippen LogP contribution in [-0.4, -0.2) is 5.25 Å². The number of hydrogen-bond acceptors (Lipinski definition) is 1. The van der Waals surface area contributed by atoms with Gasteiger partial charge in [-0.25, -0.2) is 0 Å². The Labute approximate surface area is 57.1 Å². The minimum Gasteiger partial charge on any atom is -0.175 e. The molecule has 0 heterocycles. The summed E-state index contributed by atoms with van der Waals surface area (Å²) in [5.74, 6) is 1.73. The van der Waals surface area contributed by atoms with E-state index in [1.54, 1.807) is 0 Å². The molecule has 8 heavy (non-hydrogen) atoms. The van der Waals surface area contributed by atoms with Gasteiger partial charge in [-0.2, -0.15) is 12.6 Å². The molecule has 1 heteroatoms. The Balaban J connectivity index is 2.22. The summed E-state index contributed by atoms with van der Waals surface area (Å²) in [4.78, 5) is 0. The Hall–Kier alpha value is 0.350. The zero-order valence-corrected chi connectivity index (χ0v) is 6.49. The highest BCUT2D eigenvalue weighted by Crippen LogP contribution is 2.38. The summed E-state index contributed by atoms with van der Waals surface area (Å²) in [6, 6.07) is 0. The van der Waals surface area contributed by atoms with Gasteiger partial charge in [0.2, 0.25) is 0 Å². The van der Waals surface area contributed by atoms with Crippen molar-refractivity contribution in [3.63, 3.8) is 0 Å². The van der Waals surface area contributed by atoms with E-state index in [1.807, 2.05) is 0 Å². The van der Waals surface area contributed by atoms with Crippen LogP contribution in [0.25, 0.3) is 0 Å². The SMILES string of the molecule is CC(C)C(S)C1CC1. The highest BCUT2D eigenvalue weighted by Gasteiger charge is 2.30. The summed E-state index contributed by atoms with van der Waals surface area (Å²) in [5.41, 5.74) is 0. The van der Waals surface area contributed by atoms with Crippen LogP contribution in [0.5, 0.6) is 0 Å². The van der Waals surface area contributed by atoms with Crippen LogP contribution in [0.3, 0.4) is 0 Å². The molecule has 0 saturated heterocycles. The van der Waals surface area contributed by atoms with Gasteiger partial charge in [0.15, 0.2) is 0 Å². The van der Waals surface area contributed by atoms with Crippen molar-refractivity contribution in [3.05, 3.63) is 0 Å². The summed E-state index contributed by atoms with van der Waals surface area (Å²) in [5, 5.41) is 0.676. The minimum absolute atomic E-state index is 0.676. The molecule has 0 aliphatic heterocycles. The lowest BCUT2D eigenvalue weighted by atomic mass is 10.1. The van der Waals surface area contributed by atoms with Crippen molar-refractivity contribution in [2.24, 2.45) is 11.8 Å². The number of hydrogen-bond donors (Lipinski definition) is 1. The number of rotatable bonds is 2. The Morgan fingerprint density at radius 3 is 2.00 bits per heavy atom. The first kappa shape index (κ1) is 6.47. The quantitative estimate of drug-likeness (QED) is 0.545. The van der Waals surface area contributed by atoms with Gasteiger partial charge in [0.1, 0.15) is 0 Å². The third kappa shape index (κ3) is 1.41. The Morgan fingerprint density at radius 2 is 1.88 bits per heavy atom. The number of thiol groups is 1. The van der Waals surface area contributed by atoms with E-state index < -0.39 is 0 Å². The maximum Gasteiger partial charge on any atom is 0.00680 e. The highest BCUT2D eigenvalue weighted by molar-refractivity contribution is 7.81. The van der Waals surface area contributed by atoms with Gasteiger partial charge in [-0.15, -0.1) is 0 Å². The minimum atomic E-state index is 0.676. The average Bonchev–Trinajstić information content (AvgIpc) is 2.43. The molecule has 0 amide bonds. The molecular weight excluding hydrogens is 116 g/mol. The lowest BCUT2D eigenvalue weighted by Gasteiger charge is -2.11. The molecule has 1 aliphatic carbocycles. The normalized spacial score (nSPS) is 24.0. The third-order valence-corrected chi connectivity index (χ3v) is 2.81. The molecule has 0 spiro atoms. The van der Waals surface area contributed by atoms with Crippen LogP contribution in [0.4, 0.5) is 0 Å². The van der Waals surface area contributed by atoms with Crippen LogP contribution < -0.4 is 0 Å². The molecule has 1 saturated carbocycles. The Bertz CT molecular complexity index is 72.5. The van der Waals surface area contributed by atoms with Gasteiger partial charge < -0.3 is 0 Å². The molecule has 0 aromatic carbocycles. The largest absolute Gasteiger partial charge is 0.175 e. The second-order valence-electron chi connectivity index (χ2n) is 3.07. The fourth-order valence-corrected chi connectivity index (χ4v) is 1.28. The first-order valence-electron chi connectivity index (χ1n) is 3.40. The van der Waals surface area contributed by atoms with E-state index in [4.69, 9.17) is 0 Å². The van der Waals surface area contributed by atoms with E-state index in [-0.39, 0.29) is 0 Å². The smallest absolute Gasteiger partial charge is 0.00680 e. The monoisotopic (exact) mass is 130 g/mol. The summed E-state index contributed by atoms with van der Waals surface area (Å²) >= 11 is 4.48. The summed E-state index contributed by atoms with van der Waals surface area (Å²) in [6.45, 7) is 4.49. The fourth-order valence-electron chi connectivity index (χ4n) is 0.982. The standard InChI is InChI=1S/C7H14S/c1-5(2)7(8)6-3-4-6/h5-8H,3-4H2,1-2H3. The van der Waals surface area contributed by atoms with Crippen molar-refractivity contribution >= 4 is 12.6 Å². The molecule has 0 radical (unpaired) electrons. The molecule has 0 bridgehead atoms. The lowest BCUT2D eigenvalue weighted by molar-refractivity contribution is 0.562. The van der Waals surface area contributed by atoms with Crippen LogP contribution in [-0.2, 0) is 0 Å². The van der Waals surface area contributed by atoms with Crippen molar-refractivity contribution in [2.45, 2.75) is 31.9 Å². The molecule has 0 N–H and O–H groups in total. The average molecular weight is 130 g/mol. The Morgan fingerprint density at radius 1 is 1.38 bits per heavy atom. The van der Waals surface area contributed by atoms with Crippen molar-refractivity contribution < 1.29 is 0 Å². The van der Waals surface area contributed by atoms with Gasteiger partial charge in [-0.3, -0.25) is 0 Å². The van der Waals surface area contributed by atoms with Gasteiger partial charge in [-0.1, -0.05) is 13.8 Å². The fraction of sp³-hybridized carbons (Fsp3) is 1.00. The van der Waals surface area contributed by atoms with Crippen LogP contribution in [0.2, 0.25) is 0 Å². The van der Waals surface area contributed by atoms with E-state index in [2.05, 4.69) is 26.5 Å². The molecular formula is C7H14S. The molecule has 1 atom stereocenters. The van der Waals surface area contributed by atoms with Crippen LogP contribution >= 0.6 is 12.6 Å². The molecule has 1 fully saturated rings. The molecule has 0 aromatic heterocycles. The summed E-state index contributed by atoms with van der Waals surface area (Å²) < 4.78 is 0. The molecule has 1 rings (SSSR count). The van der Waals surface area contributed by atoms with Crippen LogP contribution in [0.15, 0.2) is 0 Å². The lowest BCUT2D eigenvalue weighted by Crippen LogP contribution is -2.09. The predicted molar refractivity (Wildman–Crippen MR) is 40.3 cm³/mol. The zero-order valence-electron chi connectivity index (χ0n) is 5.59. The summed E-state index contributed by atoms with van der Waals surface area (Å²) in [6.07, 6.45) is 2.85. The van der Waals surface area contributed by atoms with Crippen molar-refractivity contribution in [3.8, 4) is 0 Å². The predicted octanol–water partition coefficient (Wildman–Crippen LogP) is 2.35. The van der Waals surface area contributed by atoms with Gasteiger partial charge in [0, 0.05) is 5.25 Å². The molecule has 0 aromatic rings. The maximum absolute atomic E-state index is 4.48. The first-order valence-corrected chi connectivity index (χ1v) is 3.91. The molecule has 0 nitrogen and oxygen atoms in total. The maximum atomic E-state index is 4.48. The van der Waals surface area contributed by atoms with E-state index in [0.717, 1.165) is 11.8 Å².